The number of aliphatic hydroxyl groups is 1. The molecule has 2 heteroatoms. The summed E-state index contributed by atoms with van der Waals surface area (Å²) in [5.74, 6) is 1.84. The molecular formula is C16H23NO. The van der Waals surface area contributed by atoms with Crippen LogP contribution in [-0.4, -0.2) is 17.7 Å². The third kappa shape index (κ3) is 2.45. The normalized spacial score (nSPS) is 31.8. The van der Waals surface area contributed by atoms with Gasteiger partial charge in [0.2, 0.25) is 0 Å². The summed E-state index contributed by atoms with van der Waals surface area (Å²) in [5, 5.41) is 13.8. The number of hydrogen-bond acceptors (Lipinski definition) is 2. The minimum absolute atomic E-state index is 0.371. The second kappa shape index (κ2) is 5.02. The van der Waals surface area contributed by atoms with Crippen LogP contribution in [0.3, 0.4) is 0 Å². The first kappa shape index (κ1) is 12.2. The van der Waals surface area contributed by atoms with E-state index < -0.39 is 0 Å². The molecule has 2 aliphatic carbocycles. The number of nitrogens with one attached hydrogen (secondary N) is 1. The van der Waals surface area contributed by atoms with Gasteiger partial charge in [0.05, 0.1) is 6.10 Å². The second-order valence-electron chi connectivity index (χ2n) is 6.12. The van der Waals surface area contributed by atoms with Gasteiger partial charge in [-0.15, -0.1) is 0 Å². The predicted octanol–water partition coefficient (Wildman–Crippen LogP) is 2.81. The van der Waals surface area contributed by atoms with Gasteiger partial charge < -0.3 is 10.4 Å². The summed E-state index contributed by atoms with van der Waals surface area (Å²) >= 11 is 0. The lowest BCUT2D eigenvalue weighted by molar-refractivity contribution is 0.163. The van der Waals surface area contributed by atoms with E-state index in [4.69, 9.17) is 0 Å². The van der Waals surface area contributed by atoms with Crippen molar-refractivity contribution < 1.29 is 5.11 Å². The minimum Gasteiger partial charge on any atom is -0.387 e. The van der Waals surface area contributed by atoms with Gasteiger partial charge in [0.1, 0.15) is 0 Å². The zero-order valence-corrected chi connectivity index (χ0v) is 11.1. The Labute approximate surface area is 109 Å². The molecule has 2 nitrogen and oxygen atoms in total. The summed E-state index contributed by atoms with van der Waals surface area (Å²) in [7, 11) is 0. The smallest absolute Gasteiger partial charge is 0.0914 e. The lowest BCUT2D eigenvalue weighted by Gasteiger charge is -2.24. The molecule has 0 aliphatic heterocycles. The van der Waals surface area contributed by atoms with Crippen molar-refractivity contribution >= 4 is 0 Å². The van der Waals surface area contributed by atoms with E-state index in [0.29, 0.717) is 12.6 Å². The van der Waals surface area contributed by atoms with E-state index >= 15 is 0 Å². The third-order valence-electron chi connectivity index (χ3n) is 4.77. The van der Waals surface area contributed by atoms with Crippen molar-refractivity contribution in [2.75, 3.05) is 6.54 Å². The Hall–Kier alpha value is -0.860. The predicted molar refractivity (Wildman–Crippen MR) is 73.4 cm³/mol. The van der Waals surface area contributed by atoms with Crippen molar-refractivity contribution in [1.29, 1.82) is 0 Å². The highest BCUT2D eigenvalue weighted by Crippen LogP contribution is 2.44. The molecule has 1 aromatic carbocycles. The maximum Gasteiger partial charge on any atom is 0.0914 e. The second-order valence-corrected chi connectivity index (χ2v) is 6.12. The first-order valence-corrected chi connectivity index (χ1v) is 7.20. The maximum atomic E-state index is 10.2. The number of hydrogen-bond donors (Lipinski definition) is 2. The lowest BCUT2D eigenvalue weighted by atomic mass is 9.95. The molecule has 4 unspecified atom stereocenters. The fraction of sp³-hybridized carbons (Fsp3) is 0.625. The molecule has 0 aromatic heterocycles. The summed E-state index contributed by atoms with van der Waals surface area (Å²) < 4.78 is 0. The molecule has 0 spiro atoms. The van der Waals surface area contributed by atoms with Gasteiger partial charge in [-0.3, -0.25) is 0 Å². The largest absolute Gasteiger partial charge is 0.387 e. The first-order chi connectivity index (χ1) is 8.72. The van der Waals surface area contributed by atoms with Gasteiger partial charge >= 0.3 is 0 Å². The van der Waals surface area contributed by atoms with Gasteiger partial charge in [0.15, 0.2) is 0 Å². The van der Waals surface area contributed by atoms with Crippen LogP contribution in [0.1, 0.15) is 42.9 Å². The molecule has 2 fully saturated rings. The molecule has 0 heterocycles. The first-order valence-electron chi connectivity index (χ1n) is 7.20. The molecule has 3 rings (SSSR count). The van der Waals surface area contributed by atoms with Crippen molar-refractivity contribution in [3.63, 3.8) is 0 Å². The van der Waals surface area contributed by atoms with Gasteiger partial charge in [0.25, 0.3) is 0 Å². The summed E-state index contributed by atoms with van der Waals surface area (Å²) in [6.07, 6.45) is 5.19. The molecule has 0 saturated heterocycles. The molecule has 2 saturated carbocycles. The third-order valence-corrected chi connectivity index (χ3v) is 4.77. The Bertz CT molecular complexity index is 400. The number of aryl methyl sites for hydroxylation is 1. The molecule has 98 valence electrons. The summed E-state index contributed by atoms with van der Waals surface area (Å²) in [4.78, 5) is 0. The highest BCUT2D eigenvalue weighted by molar-refractivity contribution is 5.23. The van der Waals surface area contributed by atoms with Crippen LogP contribution in [0, 0.1) is 18.8 Å². The zero-order chi connectivity index (χ0) is 12.5. The minimum atomic E-state index is -0.371. The zero-order valence-electron chi connectivity index (χ0n) is 11.1. The average Bonchev–Trinajstić information content (AvgIpc) is 2.99. The van der Waals surface area contributed by atoms with Crippen molar-refractivity contribution in [1.82, 2.24) is 5.32 Å². The van der Waals surface area contributed by atoms with E-state index in [1.165, 1.54) is 31.2 Å². The molecule has 18 heavy (non-hydrogen) atoms. The van der Waals surface area contributed by atoms with Crippen LogP contribution in [0.4, 0.5) is 0 Å². The number of rotatable bonds is 4. The average molecular weight is 245 g/mol. The summed E-state index contributed by atoms with van der Waals surface area (Å²) in [5.41, 5.74) is 2.27. The maximum absolute atomic E-state index is 10.2. The van der Waals surface area contributed by atoms with E-state index in [9.17, 15) is 5.11 Å². The standard InChI is InChI=1S/C16H23NO/c1-11-2-5-13(6-3-11)16(18)10-17-15-9-12-4-7-14(15)8-12/h2-3,5-6,12,14-18H,4,7-10H2,1H3. The molecule has 2 N–H and O–H groups in total. The van der Waals surface area contributed by atoms with Gasteiger partial charge in [-0.25, -0.2) is 0 Å². The van der Waals surface area contributed by atoms with E-state index in [-0.39, 0.29) is 6.10 Å². The Balaban J connectivity index is 1.52. The highest BCUT2D eigenvalue weighted by atomic mass is 16.3. The van der Waals surface area contributed by atoms with E-state index in [1.807, 2.05) is 12.1 Å². The van der Waals surface area contributed by atoms with E-state index in [2.05, 4.69) is 24.4 Å². The Kier molecular flexibility index (Phi) is 3.40. The Morgan fingerprint density at radius 3 is 2.61 bits per heavy atom. The molecule has 4 atom stereocenters. The molecule has 0 radical (unpaired) electrons. The van der Waals surface area contributed by atoms with Crippen molar-refractivity contribution in [2.45, 2.75) is 44.8 Å². The molecular weight excluding hydrogens is 222 g/mol. The SMILES string of the molecule is Cc1ccc(C(O)CNC2CC3CCC2C3)cc1. The van der Waals surface area contributed by atoms with Gasteiger partial charge in [0, 0.05) is 12.6 Å². The number of benzene rings is 1. The fourth-order valence-electron chi connectivity index (χ4n) is 3.66. The molecule has 2 aliphatic rings. The molecule has 1 aromatic rings. The molecule has 0 amide bonds. The van der Waals surface area contributed by atoms with E-state index in [0.717, 1.165) is 17.4 Å². The van der Waals surface area contributed by atoms with Crippen LogP contribution in [0.2, 0.25) is 0 Å². The van der Waals surface area contributed by atoms with Crippen LogP contribution in [-0.2, 0) is 0 Å². The van der Waals surface area contributed by atoms with Gasteiger partial charge in [-0.1, -0.05) is 36.2 Å². The lowest BCUT2D eigenvalue weighted by Crippen LogP contribution is -2.36. The monoisotopic (exact) mass is 245 g/mol. The highest BCUT2D eigenvalue weighted by Gasteiger charge is 2.39. The molecule has 2 bridgehead atoms. The Morgan fingerprint density at radius 2 is 2.00 bits per heavy atom. The van der Waals surface area contributed by atoms with Crippen LogP contribution >= 0.6 is 0 Å². The van der Waals surface area contributed by atoms with Crippen LogP contribution in [0.25, 0.3) is 0 Å². The quantitative estimate of drug-likeness (QED) is 0.855. The van der Waals surface area contributed by atoms with Gasteiger partial charge in [-0.2, -0.15) is 0 Å². The topological polar surface area (TPSA) is 32.3 Å². The summed E-state index contributed by atoms with van der Waals surface area (Å²) in [6, 6.07) is 8.85. The van der Waals surface area contributed by atoms with E-state index in [1.54, 1.807) is 0 Å². The fourth-order valence-corrected chi connectivity index (χ4v) is 3.66. The van der Waals surface area contributed by atoms with Crippen molar-refractivity contribution in [3.8, 4) is 0 Å². The number of aliphatic hydroxyl groups excluding tert-OH is 1. The summed E-state index contributed by atoms with van der Waals surface area (Å²) in [6.45, 7) is 2.76. The van der Waals surface area contributed by atoms with Crippen LogP contribution in [0.5, 0.6) is 0 Å². The van der Waals surface area contributed by atoms with Crippen molar-refractivity contribution in [3.05, 3.63) is 35.4 Å². The number of fused-ring (bicyclic) bond motifs is 2. The van der Waals surface area contributed by atoms with Crippen LogP contribution in [0.15, 0.2) is 24.3 Å². The Morgan fingerprint density at radius 1 is 1.22 bits per heavy atom. The van der Waals surface area contributed by atoms with Crippen LogP contribution < -0.4 is 5.32 Å². The van der Waals surface area contributed by atoms with Gasteiger partial charge in [-0.05, 0) is 43.6 Å². The van der Waals surface area contributed by atoms with Crippen molar-refractivity contribution in [2.24, 2.45) is 11.8 Å².